The minimum atomic E-state index is -0.688. The number of carbonyl (C=O) groups is 1. The zero-order chi connectivity index (χ0) is 28.0. The quantitative estimate of drug-likeness (QED) is 0.362. The fourth-order valence-corrected chi connectivity index (χ4v) is 4.12. The summed E-state index contributed by atoms with van der Waals surface area (Å²) in [4.78, 5) is 17.6. The first-order valence-corrected chi connectivity index (χ1v) is 12.9. The number of carbonyl (C=O) groups excluding carboxylic acids is 1. The van der Waals surface area contributed by atoms with Gasteiger partial charge in [0.05, 0.1) is 17.4 Å². The summed E-state index contributed by atoms with van der Waals surface area (Å²) in [5.74, 6) is 0.746. The first-order chi connectivity index (χ1) is 17.9. The van der Waals surface area contributed by atoms with Gasteiger partial charge in [-0.1, -0.05) is 45.0 Å². The summed E-state index contributed by atoms with van der Waals surface area (Å²) in [6.45, 7) is 9.60. The second-order valence-corrected chi connectivity index (χ2v) is 10.9. The minimum Gasteiger partial charge on any atom is -0.490 e. The Kier molecular flexibility index (Phi) is 9.31. The van der Waals surface area contributed by atoms with Crippen LogP contribution in [0.4, 0.5) is 0 Å². The Labute approximate surface area is 224 Å². The predicted octanol–water partition coefficient (Wildman–Crippen LogP) is 4.55. The van der Waals surface area contributed by atoms with E-state index in [4.69, 9.17) is 4.74 Å². The Morgan fingerprint density at radius 1 is 1.18 bits per heavy atom. The third-order valence-corrected chi connectivity index (χ3v) is 6.25. The number of aliphatic hydroxyl groups is 2. The lowest BCUT2D eigenvalue weighted by atomic mass is 9.89. The standard InChI is InChI=1S/C30H38N4O4/c1-19(2)38-26-12-11-22(16-23(26)17-31)29(37)32-24(13-14-35)15-20-7-9-21(10-8-20)25-18-34(6)28(33-25)27(36)30(3,4)5/h7-12,16,18-19,24,27,35-36H,13-15H2,1-6H3,(H,32,37)/t24-,27?/m1/s1. The summed E-state index contributed by atoms with van der Waals surface area (Å²) in [5, 5.41) is 32.7. The van der Waals surface area contributed by atoms with Crippen LogP contribution in [0.1, 0.15) is 74.5 Å². The Hall–Kier alpha value is -3.67. The highest BCUT2D eigenvalue weighted by molar-refractivity contribution is 5.95. The van der Waals surface area contributed by atoms with Crippen molar-refractivity contribution >= 4 is 5.91 Å². The van der Waals surface area contributed by atoms with Crippen LogP contribution in [0.25, 0.3) is 11.3 Å². The third kappa shape index (κ3) is 7.21. The summed E-state index contributed by atoms with van der Waals surface area (Å²) >= 11 is 0. The Bertz CT molecular complexity index is 1280. The lowest BCUT2D eigenvalue weighted by Gasteiger charge is -2.25. The van der Waals surface area contributed by atoms with Crippen molar-refractivity contribution in [1.29, 1.82) is 5.26 Å². The molecule has 0 saturated heterocycles. The van der Waals surface area contributed by atoms with Crippen LogP contribution in [-0.2, 0) is 13.5 Å². The molecule has 0 aliphatic heterocycles. The fraction of sp³-hybridized carbons (Fsp3) is 0.433. The Balaban J connectivity index is 1.72. The van der Waals surface area contributed by atoms with Crippen LogP contribution in [0.15, 0.2) is 48.7 Å². The zero-order valence-corrected chi connectivity index (χ0v) is 23.0. The first kappa shape index (κ1) is 28.9. The van der Waals surface area contributed by atoms with Crippen LogP contribution in [-0.4, -0.2) is 44.4 Å². The number of nitriles is 1. The van der Waals surface area contributed by atoms with E-state index in [9.17, 15) is 20.3 Å². The molecule has 1 aromatic heterocycles. The van der Waals surface area contributed by atoms with Crippen molar-refractivity contribution < 1.29 is 19.7 Å². The number of aromatic nitrogens is 2. The molecule has 1 heterocycles. The first-order valence-electron chi connectivity index (χ1n) is 12.9. The van der Waals surface area contributed by atoms with E-state index in [-0.39, 0.29) is 30.1 Å². The Morgan fingerprint density at radius 3 is 2.45 bits per heavy atom. The topological polar surface area (TPSA) is 120 Å². The number of rotatable bonds is 10. The van der Waals surface area contributed by atoms with Gasteiger partial charge >= 0.3 is 0 Å². The van der Waals surface area contributed by atoms with Gasteiger partial charge in [-0.15, -0.1) is 0 Å². The lowest BCUT2D eigenvalue weighted by molar-refractivity contribution is 0.0526. The monoisotopic (exact) mass is 518 g/mol. The molecule has 202 valence electrons. The maximum atomic E-state index is 12.9. The molecule has 1 unspecified atom stereocenters. The highest BCUT2D eigenvalue weighted by Crippen LogP contribution is 2.33. The molecule has 0 aliphatic rings. The Morgan fingerprint density at radius 2 is 1.87 bits per heavy atom. The van der Waals surface area contributed by atoms with Crippen molar-refractivity contribution in [2.24, 2.45) is 12.5 Å². The highest BCUT2D eigenvalue weighted by atomic mass is 16.5. The van der Waals surface area contributed by atoms with E-state index >= 15 is 0 Å². The maximum Gasteiger partial charge on any atom is 0.251 e. The van der Waals surface area contributed by atoms with Crippen molar-refractivity contribution in [1.82, 2.24) is 14.9 Å². The number of aliphatic hydroxyl groups excluding tert-OH is 2. The van der Waals surface area contributed by atoms with Gasteiger partial charge in [-0.05, 0) is 55.9 Å². The number of nitrogens with zero attached hydrogens (tertiary/aromatic N) is 3. The average molecular weight is 519 g/mol. The van der Waals surface area contributed by atoms with Crippen molar-refractivity contribution in [2.75, 3.05) is 6.61 Å². The van der Waals surface area contributed by atoms with E-state index < -0.39 is 6.10 Å². The second kappa shape index (κ2) is 12.2. The van der Waals surface area contributed by atoms with Gasteiger partial charge in [0.15, 0.2) is 0 Å². The highest BCUT2D eigenvalue weighted by Gasteiger charge is 2.28. The van der Waals surface area contributed by atoms with E-state index in [1.54, 1.807) is 12.1 Å². The van der Waals surface area contributed by atoms with Crippen molar-refractivity contribution in [3.63, 3.8) is 0 Å². The molecular formula is C30H38N4O4. The van der Waals surface area contributed by atoms with Crippen LogP contribution in [0, 0.1) is 16.7 Å². The number of amides is 1. The summed E-state index contributed by atoms with van der Waals surface area (Å²) in [7, 11) is 1.88. The number of imidazole rings is 1. The van der Waals surface area contributed by atoms with Gasteiger partial charge in [-0.3, -0.25) is 4.79 Å². The summed E-state index contributed by atoms with van der Waals surface area (Å²) < 4.78 is 7.49. The smallest absolute Gasteiger partial charge is 0.251 e. The molecule has 0 bridgehead atoms. The number of hydrogen-bond donors (Lipinski definition) is 3. The second-order valence-electron chi connectivity index (χ2n) is 10.9. The molecule has 0 fully saturated rings. The minimum absolute atomic E-state index is 0.0690. The van der Waals surface area contributed by atoms with Crippen molar-refractivity contribution in [2.45, 2.75) is 65.7 Å². The van der Waals surface area contributed by atoms with E-state index in [1.165, 1.54) is 6.07 Å². The molecule has 0 saturated carbocycles. The fourth-order valence-electron chi connectivity index (χ4n) is 4.12. The van der Waals surface area contributed by atoms with Gasteiger partial charge in [0.25, 0.3) is 5.91 Å². The number of aryl methyl sites for hydroxylation is 1. The van der Waals surface area contributed by atoms with Crippen LogP contribution in [0.5, 0.6) is 5.75 Å². The summed E-state index contributed by atoms with van der Waals surface area (Å²) in [6, 6.07) is 14.5. The molecule has 38 heavy (non-hydrogen) atoms. The largest absolute Gasteiger partial charge is 0.490 e. The number of nitrogens with one attached hydrogen (secondary N) is 1. The van der Waals surface area contributed by atoms with Gasteiger partial charge < -0.3 is 24.8 Å². The van der Waals surface area contributed by atoms with Crippen molar-refractivity contribution in [3.8, 4) is 23.1 Å². The molecule has 8 nitrogen and oxygen atoms in total. The van der Waals surface area contributed by atoms with E-state index in [0.717, 1.165) is 16.8 Å². The van der Waals surface area contributed by atoms with Crippen LogP contribution < -0.4 is 10.1 Å². The van der Waals surface area contributed by atoms with E-state index in [2.05, 4.69) is 16.4 Å². The molecule has 2 aromatic carbocycles. The van der Waals surface area contributed by atoms with E-state index in [0.29, 0.717) is 35.5 Å². The third-order valence-electron chi connectivity index (χ3n) is 6.25. The van der Waals surface area contributed by atoms with Gasteiger partial charge in [-0.25, -0.2) is 4.98 Å². The van der Waals surface area contributed by atoms with Gasteiger partial charge in [-0.2, -0.15) is 5.26 Å². The molecule has 3 N–H and O–H groups in total. The number of benzene rings is 2. The molecule has 0 radical (unpaired) electrons. The molecule has 3 aromatic rings. The number of ether oxygens (including phenoxy) is 1. The summed E-state index contributed by atoms with van der Waals surface area (Å²) in [5.41, 5.74) is 3.03. The van der Waals surface area contributed by atoms with Gasteiger partial charge in [0.1, 0.15) is 23.7 Å². The summed E-state index contributed by atoms with van der Waals surface area (Å²) in [6.07, 6.45) is 2.05. The zero-order valence-electron chi connectivity index (χ0n) is 23.0. The average Bonchev–Trinajstić information content (AvgIpc) is 3.24. The maximum absolute atomic E-state index is 12.9. The van der Waals surface area contributed by atoms with Gasteiger partial charge in [0.2, 0.25) is 0 Å². The normalized spacial score (nSPS) is 13.2. The molecule has 3 rings (SSSR count). The SMILES string of the molecule is CC(C)Oc1ccc(C(=O)N[C@H](CCO)Cc2ccc(-c3cn(C)c(C(O)C(C)(C)C)n3)cc2)cc1C#N. The van der Waals surface area contributed by atoms with E-state index in [1.807, 2.05) is 76.7 Å². The molecule has 8 heteroatoms. The molecule has 2 atom stereocenters. The molecule has 0 aliphatic carbocycles. The molecule has 1 amide bonds. The molecule has 0 spiro atoms. The van der Waals surface area contributed by atoms with Crippen LogP contribution >= 0.6 is 0 Å². The lowest BCUT2D eigenvalue weighted by Crippen LogP contribution is -2.37. The van der Waals surface area contributed by atoms with Crippen LogP contribution in [0.3, 0.4) is 0 Å². The predicted molar refractivity (Wildman–Crippen MR) is 147 cm³/mol. The number of hydrogen-bond acceptors (Lipinski definition) is 6. The van der Waals surface area contributed by atoms with Crippen molar-refractivity contribution in [3.05, 3.63) is 71.2 Å². The van der Waals surface area contributed by atoms with Crippen LogP contribution in [0.2, 0.25) is 0 Å². The molecular weight excluding hydrogens is 480 g/mol. The van der Waals surface area contributed by atoms with Gasteiger partial charge in [0, 0.05) is 37.0 Å².